The molecular formula is C9H11N3OS. The normalized spacial score (nSPS) is 9.43. The van der Waals surface area contributed by atoms with Crippen LogP contribution in [0.25, 0.3) is 0 Å². The van der Waals surface area contributed by atoms with Crippen molar-refractivity contribution in [2.75, 3.05) is 18.4 Å². The molecule has 1 aromatic heterocycles. The molecule has 0 aliphatic rings. The molecule has 0 radical (unpaired) electrons. The zero-order chi connectivity index (χ0) is 10.4. The van der Waals surface area contributed by atoms with Gasteiger partial charge in [-0.3, -0.25) is 4.79 Å². The summed E-state index contributed by atoms with van der Waals surface area (Å²) in [4.78, 5) is 11.3. The van der Waals surface area contributed by atoms with Gasteiger partial charge in [0.15, 0.2) is 0 Å². The summed E-state index contributed by atoms with van der Waals surface area (Å²) in [5, 5.41) is 16.7. The van der Waals surface area contributed by atoms with Crippen molar-refractivity contribution in [3.8, 4) is 6.07 Å². The quantitative estimate of drug-likeness (QED) is 0.782. The molecule has 2 N–H and O–H groups in total. The Hall–Kier alpha value is -1.38. The topological polar surface area (TPSA) is 64.9 Å². The standard InChI is InChI=1S/C9H11N3OS/c1-2-11-6-8(13)12-9-7(5-10)3-4-14-9/h3-4,11H,2,6H2,1H3,(H,12,13). The van der Waals surface area contributed by atoms with E-state index in [4.69, 9.17) is 5.26 Å². The predicted octanol–water partition coefficient (Wildman–Crippen LogP) is 1.17. The van der Waals surface area contributed by atoms with Gasteiger partial charge in [-0.2, -0.15) is 5.26 Å². The first kappa shape index (κ1) is 10.7. The van der Waals surface area contributed by atoms with E-state index in [9.17, 15) is 4.79 Å². The highest BCUT2D eigenvalue weighted by molar-refractivity contribution is 7.14. The molecule has 0 atom stereocenters. The van der Waals surface area contributed by atoms with Crippen molar-refractivity contribution in [1.82, 2.24) is 5.32 Å². The molecule has 0 fully saturated rings. The Morgan fingerprint density at radius 3 is 3.14 bits per heavy atom. The minimum atomic E-state index is -0.120. The fourth-order valence-electron chi connectivity index (χ4n) is 0.903. The predicted molar refractivity (Wildman–Crippen MR) is 56.2 cm³/mol. The Labute approximate surface area is 86.6 Å². The lowest BCUT2D eigenvalue weighted by Gasteiger charge is -2.02. The lowest BCUT2D eigenvalue weighted by molar-refractivity contribution is -0.115. The van der Waals surface area contributed by atoms with Gasteiger partial charge < -0.3 is 10.6 Å². The van der Waals surface area contributed by atoms with Gasteiger partial charge in [-0.05, 0) is 18.0 Å². The second kappa shape index (κ2) is 5.37. The summed E-state index contributed by atoms with van der Waals surface area (Å²) in [7, 11) is 0. The second-order valence-electron chi connectivity index (χ2n) is 2.60. The van der Waals surface area contributed by atoms with Crippen molar-refractivity contribution in [1.29, 1.82) is 5.26 Å². The molecule has 14 heavy (non-hydrogen) atoms. The molecule has 0 aliphatic carbocycles. The van der Waals surface area contributed by atoms with Gasteiger partial charge in [-0.25, -0.2) is 0 Å². The van der Waals surface area contributed by atoms with Crippen molar-refractivity contribution < 1.29 is 4.79 Å². The highest BCUT2D eigenvalue weighted by Crippen LogP contribution is 2.21. The number of thiophene rings is 1. The monoisotopic (exact) mass is 209 g/mol. The highest BCUT2D eigenvalue weighted by atomic mass is 32.1. The van der Waals surface area contributed by atoms with Crippen LogP contribution in [-0.4, -0.2) is 19.0 Å². The third kappa shape index (κ3) is 2.83. The molecule has 1 heterocycles. The van der Waals surface area contributed by atoms with Gasteiger partial charge in [0.2, 0.25) is 5.91 Å². The molecular weight excluding hydrogens is 198 g/mol. The number of rotatable bonds is 4. The summed E-state index contributed by atoms with van der Waals surface area (Å²) < 4.78 is 0. The number of carbonyl (C=O) groups excluding carboxylic acids is 1. The molecule has 1 amide bonds. The lowest BCUT2D eigenvalue weighted by atomic mass is 10.3. The maximum atomic E-state index is 11.3. The number of hydrogen-bond acceptors (Lipinski definition) is 4. The fraction of sp³-hybridized carbons (Fsp3) is 0.333. The number of carbonyl (C=O) groups is 1. The van der Waals surface area contributed by atoms with E-state index < -0.39 is 0 Å². The smallest absolute Gasteiger partial charge is 0.238 e. The van der Waals surface area contributed by atoms with Gasteiger partial charge in [0.1, 0.15) is 11.1 Å². The van der Waals surface area contributed by atoms with Crippen LogP contribution in [0.15, 0.2) is 11.4 Å². The van der Waals surface area contributed by atoms with E-state index in [1.165, 1.54) is 11.3 Å². The number of hydrogen-bond donors (Lipinski definition) is 2. The zero-order valence-corrected chi connectivity index (χ0v) is 8.65. The SMILES string of the molecule is CCNCC(=O)Nc1sccc1C#N. The first-order valence-electron chi connectivity index (χ1n) is 4.26. The van der Waals surface area contributed by atoms with Crippen LogP contribution in [0.3, 0.4) is 0 Å². The highest BCUT2D eigenvalue weighted by Gasteiger charge is 2.06. The van der Waals surface area contributed by atoms with Gasteiger partial charge in [0.25, 0.3) is 0 Å². The van der Waals surface area contributed by atoms with Crippen LogP contribution in [0.1, 0.15) is 12.5 Å². The third-order valence-corrected chi connectivity index (χ3v) is 2.40. The average Bonchev–Trinajstić information content (AvgIpc) is 2.62. The number of likely N-dealkylation sites (N-methyl/N-ethyl adjacent to an activating group) is 1. The minimum Gasteiger partial charge on any atom is -0.315 e. The molecule has 74 valence electrons. The minimum absolute atomic E-state index is 0.120. The number of nitrogens with one attached hydrogen (secondary N) is 2. The van der Waals surface area contributed by atoms with Crippen LogP contribution in [0.5, 0.6) is 0 Å². The van der Waals surface area contributed by atoms with Crippen molar-refractivity contribution >= 4 is 22.2 Å². The summed E-state index contributed by atoms with van der Waals surface area (Å²) in [5.41, 5.74) is 0.514. The lowest BCUT2D eigenvalue weighted by Crippen LogP contribution is -2.27. The van der Waals surface area contributed by atoms with Crippen LogP contribution in [0.2, 0.25) is 0 Å². The molecule has 0 aliphatic heterocycles. The molecule has 5 heteroatoms. The number of nitrogens with zero attached hydrogens (tertiary/aromatic N) is 1. The number of anilines is 1. The first-order chi connectivity index (χ1) is 6.77. The van der Waals surface area contributed by atoms with Crippen molar-refractivity contribution in [3.63, 3.8) is 0 Å². The van der Waals surface area contributed by atoms with Crippen LogP contribution in [0, 0.1) is 11.3 Å². The van der Waals surface area contributed by atoms with Gasteiger partial charge in [0, 0.05) is 0 Å². The molecule has 0 unspecified atom stereocenters. The van der Waals surface area contributed by atoms with Crippen molar-refractivity contribution in [2.24, 2.45) is 0 Å². The van der Waals surface area contributed by atoms with E-state index in [0.717, 1.165) is 6.54 Å². The maximum absolute atomic E-state index is 11.3. The molecule has 1 aromatic rings. The Morgan fingerprint density at radius 1 is 1.71 bits per heavy atom. The average molecular weight is 209 g/mol. The number of amides is 1. The van der Waals surface area contributed by atoms with E-state index in [1.54, 1.807) is 11.4 Å². The maximum Gasteiger partial charge on any atom is 0.238 e. The molecule has 1 rings (SSSR count). The van der Waals surface area contributed by atoms with Gasteiger partial charge in [-0.1, -0.05) is 6.92 Å². The summed E-state index contributed by atoms with van der Waals surface area (Å²) >= 11 is 1.35. The third-order valence-electron chi connectivity index (χ3n) is 1.57. The summed E-state index contributed by atoms with van der Waals surface area (Å²) in [6.45, 7) is 2.96. The Balaban J connectivity index is 2.52. The van der Waals surface area contributed by atoms with Crippen LogP contribution < -0.4 is 10.6 Å². The van der Waals surface area contributed by atoms with Crippen molar-refractivity contribution in [3.05, 3.63) is 17.0 Å². The van der Waals surface area contributed by atoms with Gasteiger partial charge >= 0.3 is 0 Å². The largest absolute Gasteiger partial charge is 0.315 e. The molecule has 0 aromatic carbocycles. The van der Waals surface area contributed by atoms with Crippen molar-refractivity contribution in [2.45, 2.75) is 6.92 Å². The first-order valence-corrected chi connectivity index (χ1v) is 5.14. The molecule has 0 saturated carbocycles. The van der Waals surface area contributed by atoms with E-state index in [2.05, 4.69) is 10.6 Å². The molecule has 0 saturated heterocycles. The Bertz CT molecular complexity index is 353. The van der Waals surface area contributed by atoms with Crippen LogP contribution in [0.4, 0.5) is 5.00 Å². The Morgan fingerprint density at radius 2 is 2.50 bits per heavy atom. The summed E-state index contributed by atoms with van der Waals surface area (Å²) in [6, 6.07) is 3.70. The fourth-order valence-corrected chi connectivity index (χ4v) is 1.66. The van der Waals surface area contributed by atoms with E-state index in [-0.39, 0.29) is 12.5 Å². The summed E-state index contributed by atoms with van der Waals surface area (Å²) in [6.07, 6.45) is 0. The molecule has 0 bridgehead atoms. The van der Waals surface area contributed by atoms with E-state index >= 15 is 0 Å². The second-order valence-corrected chi connectivity index (χ2v) is 3.52. The van der Waals surface area contributed by atoms with Gasteiger partial charge in [0.05, 0.1) is 12.1 Å². The zero-order valence-electron chi connectivity index (χ0n) is 7.83. The van der Waals surface area contributed by atoms with E-state index in [0.29, 0.717) is 10.6 Å². The van der Waals surface area contributed by atoms with E-state index in [1.807, 2.05) is 13.0 Å². The molecule has 0 spiro atoms. The molecule has 4 nitrogen and oxygen atoms in total. The summed E-state index contributed by atoms with van der Waals surface area (Å²) in [5.74, 6) is -0.120. The van der Waals surface area contributed by atoms with Crippen LogP contribution in [-0.2, 0) is 4.79 Å². The van der Waals surface area contributed by atoms with Gasteiger partial charge in [-0.15, -0.1) is 11.3 Å². The Kier molecular flexibility index (Phi) is 4.11. The number of nitriles is 1. The van der Waals surface area contributed by atoms with Crippen LogP contribution >= 0.6 is 11.3 Å².